The Morgan fingerprint density at radius 1 is 1.27 bits per heavy atom. The lowest BCUT2D eigenvalue weighted by atomic mass is 10.3. The fourth-order valence-corrected chi connectivity index (χ4v) is 1.90. The molecule has 2 N–H and O–H groups in total. The van der Waals surface area contributed by atoms with Gasteiger partial charge in [-0.1, -0.05) is 25.5 Å². The van der Waals surface area contributed by atoms with E-state index < -0.39 is 0 Å². The van der Waals surface area contributed by atoms with Crippen LogP contribution in [0.4, 0.5) is 11.5 Å². The summed E-state index contributed by atoms with van der Waals surface area (Å²) in [5.74, 6) is 1.05. The predicted octanol–water partition coefficient (Wildman–Crippen LogP) is 2.76. The lowest BCUT2D eigenvalue weighted by Crippen LogP contribution is -2.25. The number of carbonyl (C=O) groups is 1. The molecule has 6 nitrogen and oxygen atoms in total. The van der Waals surface area contributed by atoms with Crippen LogP contribution in [0.15, 0.2) is 36.7 Å². The molecule has 1 amide bonds. The first-order valence-electron chi connectivity index (χ1n) is 7.25. The van der Waals surface area contributed by atoms with Gasteiger partial charge in [0.05, 0.1) is 12.8 Å². The number of ether oxygens (including phenoxy) is 1. The fourth-order valence-electron chi connectivity index (χ4n) is 1.90. The Hall–Kier alpha value is -2.63. The monoisotopic (exact) mass is 300 g/mol. The number of nitrogens with one attached hydrogen (secondary N) is 2. The maximum absolute atomic E-state index is 12.0. The number of nitrogens with zero attached hydrogens (tertiary/aromatic N) is 2. The number of amides is 1. The number of para-hydroxylation sites is 2. The quantitative estimate of drug-likeness (QED) is 0.769. The van der Waals surface area contributed by atoms with Gasteiger partial charge >= 0.3 is 0 Å². The summed E-state index contributed by atoms with van der Waals surface area (Å²) >= 11 is 0. The summed E-state index contributed by atoms with van der Waals surface area (Å²) in [7, 11) is 1.60. The summed E-state index contributed by atoms with van der Waals surface area (Å²) in [6.45, 7) is 2.72. The summed E-state index contributed by atoms with van der Waals surface area (Å²) in [6, 6.07) is 9.12. The smallest absolute Gasteiger partial charge is 0.270 e. The Balaban J connectivity index is 2.09. The van der Waals surface area contributed by atoms with Gasteiger partial charge in [0, 0.05) is 12.6 Å². The van der Waals surface area contributed by atoms with Crippen molar-refractivity contribution in [2.24, 2.45) is 0 Å². The highest BCUT2D eigenvalue weighted by Gasteiger charge is 2.09. The third kappa shape index (κ3) is 4.18. The second-order valence-electron chi connectivity index (χ2n) is 4.72. The molecule has 0 aliphatic carbocycles. The molecule has 0 aliphatic heterocycles. The lowest BCUT2D eigenvalue weighted by Gasteiger charge is -2.10. The Bertz CT molecular complexity index is 631. The molecule has 1 aromatic carbocycles. The van der Waals surface area contributed by atoms with E-state index in [4.69, 9.17) is 4.74 Å². The SMILES string of the molecule is CCCCNC(=O)c1cc(Nc2ccccc2OC)ncn1. The van der Waals surface area contributed by atoms with Crippen molar-refractivity contribution in [2.75, 3.05) is 19.0 Å². The van der Waals surface area contributed by atoms with Crippen LogP contribution >= 0.6 is 0 Å². The van der Waals surface area contributed by atoms with Crippen LogP contribution in [0.25, 0.3) is 0 Å². The van der Waals surface area contributed by atoms with Crippen LogP contribution in [0.1, 0.15) is 30.3 Å². The van der Waals surface area contributed by atoms with Gasteiger partial charge in [-0.3, -0.25) is 4.79 Å². The molecular formula is C16H20N4O2. The molecule has 1 aromatic heterocycles. The summed E-state index contributed by atoms with van der Waals surface area (Å²) in [6.07, 6.45) is 3.35. The first kappa shape index (κ1) is 15.8. The highest BCUT2D eigenvalue weighted by Crippen LogP contribution is 2.25. The molecule has 22 heavy (non-hydrogen) atoms. The summed E-state index contributed by atoms with van der Waals surface area (Å²) < 4.78 is 5.28. The standard InChI is InChI=1S/C16H20N4O2/c1-3-4-9-17-16(21)13-10-15(19-11-18-13)20-12-7-5-6-8-14(12)22-2/h5-8,10-11H,3-4,9H2,1-2H3,(H,17,21)(H,18,19,20). The molecule has 116 valence electrons. The van der Waals surface area contributed by atoms with Gasteiger partial charge in [-0.25, -0.2) is 9.97 Å². The molecule has 1 heterocycles. The van der Waals surface area contributed by atoms with E-state index in [2.05, 4.69) is 27.5 Å². The van der Waals surface area contributed by atoms with E-state index in [0.717, 1.165) is 18.5 Å². The summed E-state index contributed by atoms with van der Waals surface area (Å²) in [5, 5.41) is 5.96. The minimum absolute atomic E-state index is 0.195. The van der Waals surface area contributed by atoms with Crippen LogP contribution in [0.3, 0.4) is 0 Å². The molecule has 0 saturated heterocycles. The second-order valence-corrected chi connectivity index (χ2v) is 4.72. The molecule has 0 aliphatic rings. The van der Waals surface area contributed by atoms with E-state index in [1.807, 2.05) is 24.3 Å². The Morgan fingerprint density at radius 3 is 2.86 bits per heavy atom. The van der Waals surface area contributed by atoms with Gasteiger partial charge in [0.15, 0.2) is 0 Å². The second kappa shape index (κ2) is 7.97. The van der Waals surface area contributed by atoms with Crippen LogP contribution in [-0.2, 0) is 0 Å². The van der Waals surface area contributed by atoms with Crippen LogP contribution in [0.5, 0.6) is 5.75 Å². The number of hydrogen-bond donors (Lipinski definition) is 2. The van der Waals surface area contributed by atoms with Crippen molar-refractivity contribution in [3.8, 4) is 5.75 Å². The number of aromatic nitrogens is 2. The van der Waals surface area contributed by atoms with Crippen molar-refractivity contribution in [2.45, 2.75) is 19.8 Å². The van der Waals surface area contributed by atoms with E-state index in [-0.39, 0.29) is 5.91 Å². The van der Waals surface area contributed by atoms with Crippen LogP contribution in [-0.4, -0.2) is 29.5 Å². The summed E-state index contributed by atoms with van der Waals surface area (Å²) in [4.78, 5) is 20.1. The van der Waals surface area contributed by atoms with Crippen molar-refractivity contribution in [1.82, 2.24) is 15.3 Å². The Kier molecular flexibility index (Phi) is 5.71. The van der Waals surface area contributed by atoms with Crippen molar-refractivity contribution in [3.05, 3.63) is 42.4 Å². The zero-order chi connectivity index (χ0) is 15.8. The Morgan fingerprint density at radius 2 is 2.09 bits per heavy atom. The van der Waals surface area contributed by atoms with Gasteiger partial charge in [0.25, 0.3) is 5.91 Å². The van der Waals surface area contributed by atoms with Gasteiger partial charge in [0.2, 0.25) is 0 Å². The third-order valence-corrected chi connectivity index (χ3v) is 3.09. The number of carbonyl (C=O) groups excluding carboxylic acids is 1. The van der Waals surface area contributed by atoms with Crippen LogP contribution in [0, 0.1) is 0 Å². The van der Waals surface area contributed by atoms with Gasteiger partial charge in [-0.05, 0) is 18.6 Å². The van der Waals surface area contributed by atoms with E-state index in [0.29, 0.717) is 23.8 Å². The maximum Gasteiger partial charge on any atom is 0.270 e. The van der Waals surface area contributed by atoms with Crippen LogP contribution in [0.2, 0.25) is 0 Å². The molecule has 0 bridgehead atoms. The fraction of sp³-hybridized carbons (Fsp3) is 0.312. The molecule has 2 aromatic rings. The van der Waals surface area contributed by atoms with Crippen molar-refractivity contribution >= 4 is 17.4 Å². The topological polar surface area (TPSA) is 76.1 Å². The number of methoxy groups -OCH3 is 1. The maximum atomic E-state index is 12.0. The van der Waals surface area contributed by atoms with Crippen molar-refractivity contribution in [3.63, 3.8) is 0 Å². The summed E-state index contributed by atoms with van der Waals surface area (Å²) in [5.41, 5.74) is 1.12. The molecule has 6 heteroatoms. The number of unbranched alkanes of at least 4 members (excludes halogenated alkanes) is 1. The van der Waals surface area contributed by atoms with Crippen molar-refractivity contribution < 1.29 is 9.53 Å². The molecular weight excluding hydrogens is 280 g/mol. The highest BCUT2D eigenvalue weighted by atomic mass is 16.5. The number of benzene rings is 1. The van der Waals surface area contributed by atoms with E-state index in [1.165, 1.54) is 6.33 Å². The minimum atomic E-state index is -0.195. The average Bonchev–Trinajstić information content (AvgIpc) is 2.56. The molecule has 0 saturated carbocycles. The molecule has 2 rings (SSSR count). The molecule has 0 atom stereocenters. The zero-order valence-electron chi connectivity index (χ0n) is 12.8. The molecule has 0 spiro atoms. The number of rotatable bonds is 7. The largest absolute Gasteiger partial charge is 0.495 e. The zero-order valence-corrected chi connectivity index (χ0v) is 12.8. The minimum Gasteiger partial charge on any atom is -0.495 e. The number of hydrogen-bond acceptors (Lipinski definition) is 5. The van der Waals surface area contributed by atoms with Crippen molar-refractivity contribution in [1.29, 1.82) is 0 Å². The van der Waals surface area contributed by atoms with Crippen LogP contribution < -0.4 is 15.4 Å². The predicted molar refractivity (Wildman–Crippen MR) is 85.5 cm³/mol. The van der Waals surface area contributed by atoms with Gasteiger partial charge in [-0.2, -0.15) is 0 Å². The average molecular weight is 300 g/mol. The normalized spacial score (nSPS) is 10.1. The number of anilines is 2. The van der Waals surface area contributed by atoms with Gasteiger partial charge in [0.1, 0.15) is 23.6 Å². The lowest BCUT2D eigenvalue weighted by molar-refractivity contribution is 0.0948. The molecule has 0 unspecified atom stereocenters. The Labute approximate surface area is 129 Å². The van der Waals surface area contributed by atoms with E-state index >= 15 is 0 Å². The highest BCUT2D eigenvalue weighted by molar-refractivity contribution is 5.93. The molecule has 0 radical (unpaired) electrons. The molecule has 0 fully saturated rings. The van der Waals surface area contributed by atoms with Gasteiger partial charge < -0.3 is 15.4 Å². The van der Waals surface area contributed by atoms with Gasteiger partial charge in [-0.15, -0.1) is 0 Å². The van der Waals surface area contributed by atoms with E-state index in [9.17, 15) is 4.79 Å². The van der Waals surface area contributed by atoms with E-state index in [1.54, 1.807) is 13.2 Å². The first-order chi connectivity index (χ1) is 10.7. The third-order valence-electron chi connectivity index (χ3n) is 3.09. The first-order valence-corrected chi connectivity index (χ1v) is 7.25.